The number of fused-ring (bicyclic) bond motifs is 1. The zero-order valence-corrected chi connectivity index (χ0v) is 21.1. The maximum Gasteiger partial charge on any atom is 0.408 e. The van der Waals surface area contributed by atoms with Crippen molar-refractivity contribution >= 4 is 22.9 Å². The standard InChI is InChI=1S/C27H28FN5O4/c1-17-29-23(37-31-17)22-15-19-14-20(28)10-11-21(19)33(22)32(16-18-8-6-5-7-9-18)24(34)27(12-13-27)30-25(35)36-26(2,3)4/h5-11,14-15H,12-13,16H2,1-4H3,(H,30,35). The van der Waals surface area contributed by atoms with Gasteiger partial charge in [0.25, 0.3) is 11.8 Å². The first-order chi connectivity index (χ1) is 17.5. The van der Waals surface area contributed by atoms with Crippen LogP contribution in [-0.2, 0) is 16.1 Å². The number of ether oxygens (including phenoxy) is 1. The Bertz CT molecular complexity index is 1470. The lowest BCUT2D eigenvalue weighted by Gasteiger charge is -2.31. The highest BCUT2D eigenvalue weighted by Crippen LogP contribution is 2.39. The molecular weight excluding hydrogens is 477 g/mol. The molecule has 0 aliphatic heterocycles. The first-order valence-electron chi connectivity index (χ1n) is 12.0. The number of amides is 2. The van der Waals surface area contributed by atoms with Crippen molar-refractivity contribution in [2.75, 3.05) is 5.01 Å². The molecule has 0 unspecified atom stereocenters. The second kappa shape index (κ2) is 9.02. The van der Waals surface area contributed by atoms with Crippen molar-refractivity contribution in [2.24, 2.45) is 0 Å². The van der Waals surface area contributed by atoms with E-state index < -0.39 is 23.1 Å². The van der Waals surface area contributed by atoms with Crippen LogP contribution in [0, 0.1) is 12.7 Å². The molecular formula is C27H28FN5O4. The molecule has 2 heterocycles. The molecule has 192 valence electrons. The summed E-state index contributed by atoms with van der Waals surface area (Å²) < 4.78 is 26.7. The third-order valence-electron chi connectivity index (χ3n) is 6.04. The summed E-state index contributed by atoms with van der Waals surface area (Å²) in [6, 6.07) is 15.5. The number of rotatable bonds is 6. The van der Waals surface area contributed by atoms with Gasteiger partial charge in [-0.15, -0.1) is 0 Å². The Hall–Kier alpha value is -4.21. The van der Waals surface area contributed by atoms with Crippen molar-refractivity contribution in [3.63, 3.8) is 0 Å². The zero-order valence-electron chi connectivity index (χ0n) is 21.1. The second-order valence-corrected chi connectivity index (χ2v) is 10.2. The van der Waals surface area contributed by atoms with Crippen LogP contribution in [0.5, 0.6) is 0 Å². The Balaban J connectivity index is 1.62. The highest BCUT2D eigenvalue weighted by atomic mass is 19.1. The van der Waals surface area contributed by atoms with Gasteiger partial charge >= 0.3 is 6.09 Å². The molecule has 1 aliphatic rings. The van der Waals surface area contributed by atoms with Gasteiger partial charge in [-0.1, -0.05) is 35.5 Å². The van der Waals surface area contributed by atoms with Crippen LogP contribution < -0.4 is 10.3 Å². The van der Waals surface area contributed by atoms with Gasteiger partial charge in [0.1, 0.15) is 22.7 Å². The molecule has 9 nitrogen and oxygen atoms in total. The maximum atomic E-state index is 14.2. The molecule has 1 fully saturated rings. The lowest BCUT2D eigenvalue weighted by atomic mass is 10.2. The average molecular weight is 506 g/mol. The number of hydrogen-bond acceptors (Lipinski definition) is 6. The number of hydrogen-bond donors (Lipinski definition) is 1. The van der Waals surface area contributed by atoms with Crippen LogP contribution >= 0.6 is 0 Å². The molecule has 0 atom stereocenters. The van der Waals surface area contributed by atoms with E-state index in [1.807, 2.05) is 30.3 Å². The Morgan fingerprint density at radius 1 is 1.16 bits per heavy atom. The molecule has 4 aromatic rings. The van der Waals surface area contributed by atoms with Gasteiger partial charge in [-0.05, 0) is 70.4 Å². The van der Waals surface area contributed by atoms with Crippen LogP contribution in [0.1, 0.15) is 45.0 Å². The number of nitrogens with zero attached hydrogens (tertiary/aromatic N) is 4. The first-order valence-corrected chi connectivity index (χ1v) is 12.0. The summed E-state index contributed by atoms with van der Waals surface area (Å²) in [7, 11) is 0. The van der Waals surface area contributed by atoms with Crippen molar-refractivity contribution in [3.05, 3.63) is 71.8 Å². The molecule has 0 spiro atoms. The van der Waals surface area contributed by atoms with E-state index >= 15 is 0 Å². The van der Waals surface area contributed by atoms with E-state index in [1.165, 1.54) is 17.1 Å². The summed E-state index contributed by atoms with van der Waals surface area (Å²) in [4.78, 5) is 31.2. The molecule has 0 saturated heterocycles. The lowest BCUT2D eigenvalue weighted by Crippen LogP contribution is -2.55. The van der Waals surface area contributed by atoms with Gasteiger partial charge in [-0.3, -0.25) is 4.79 Å². The third-order valence-corrected chi connectivity index (χ3v) is 6.04. The number of carbonyl (C=O) groups is 2. The molecule has 10 heteroatoms. The molecule has 1 N–H and O–H groups in total. The highest BCUT2D eigenvalue weighted by molar-refractivity contribution is 6.01. The maximum absolute atomic E-state index is 14.2. The number of alkyl carbamates (subject to hydrolysis) is 1. The Labute approximate surface area is 213 Å². The quantitative estimate of drug-likeness (QED) is 0.402. The Morgan fingerprint density at radius 3 is 2.51 bits per heavy atom. The molecule has 2 aromatic carbocycles. The summed E-state index contributed by atoms with van der Waals surface area (Å²) in [5.41, 5.74) is 0.0236. The van der Waals surface area contributed by atoms with Crippen LogP contribution in [-0.4, -0.2) is 38.0 Å². The van der Waals surface area contributed by atoms with E-state index in [4.69, 9.17) is 9.26 Å². The second-order valence-electron chi connectivity index (χ2n) is 10.2. The minimum atomic E-state index is -1.13. The van der Waals surface area contributed by atoms with Gasteiger partial charge in [0.05, 0.1) is 12.1 Å². The minimum absolute atomic E-state index is 0.179. The predicted molar refractivity (Wildman–Crippen MR) is 135 cm³/mol. The van der Waals surface area contributed by atoms with Crippen molar-refractivity contribution in [3.8, 4) is 11.6 Å². The average Bonchev–Trinajstić information content (AvgIpc) is 3.31. The monoisotopic (exact) mass is 505 g/mol. The number of halogens is 1. The van der Waals surface area contributed by atoms with Crippen molar-refractivity contribution < 1.29 is 23.2 Å². The van der Waals surface area contributed by atoms with Gasteiger partial charge in [-0.2, -0.15) is 4.98 Å². The smallest absolute Gasteiger partial charge is 0.408 e. The van der Waals surface area contributed by atoms with E-state index in [-0.39, 0.29) is 18.3 Å². The predicted octanol–water partition coefficient (Wildman–Crippen LogP) is 4.86. The molecule has 37 heavy (non-hydrogen) atoms. The lowest BCUT2D eigenvalue weighted by molar-refractivity contribution is -0.123. The minimum Gasteiger partial charge on any atom is -0.444 e. The van der Waals surface area contributed by atoms with Gasteiger partial charge in [-0.25, -0.2) is 18.9 Å². The van der Waals surface area contributed by atoms with Crippen LogP contribution in [0.15, 0.2) is 59.1 Å². The van der Waals surface area contributed by atoms with E-state index in [1.54, 1.807) is 44.5 Å². The number of aromatic nitrogens is 3. The molecule has 1 aliphatic carbocycles. The van der Waals surface area contributed by atoms with Gasteiger partial charge < -0.3 is 14.6 Å². The topological polar surface area (TPSA) is 102 Å². The highest BCUT2D eigenvalue weighted by Gasteiger charge is 2.54. The van der Waals surface area contributed by atoms with Crippen LogP contribution in [0.4, 0.5) is 9.18 Å². The summed E-state index contributed by atoms with van der Waals surface area (Å²) in [6.45, 7) is 7.16. The Kier molecular flexibility index (Phi) is 5.97. The molecule has 1 saturated carbocycles. The number of benzene rings is 2. The normalized spacial score (nSPS) is 14.4. The number of aryl methyl sites for hydroxylation is 1. The van der Waals surface area contributed by atoms with Crippen molar-refractivity contribution in [1.29, 1.82) is 0 Å². The van der Waals surface area contributed by atoms with E-state index in [9.17, 15) is 14.0 Å². The summed E-state index contributed by atoms with van der Waals surface area (Å²) in [5.74, 6) is -0.139. The molecule has 2 aromatic heterocycles. The van der Waals surface area contributed by atoms with Crippen molar-refractivity contribution in [2.45, 2.75) is 58.2 Å². The SMILES string of the molecule is Cc1noc(-c2cc3cc(F)ccc3n2N(Cc2ccccc2)C(=O)C2(NC(=O)OC(C)(C)C)CC2)n1. The zero-order chi connectivity index (χ0) is 26.4. The van der Waals surface area contributed by atoms with E-state index in [0.29, 0.717) is 35.3 Å². The van der Waals surface area contributed by atoms with Gasteiger partial charge in [0.15, 0.2) is 5.82 Å². The Morgan fingerprint density at radius 2 is 1.89 bits per heavy atom. The fourth-order valence-electron chi connectivity index (χ4n) is 4.24. The third kappa shape index (κ3) is 5.04. The first kappa shape index (κ1) is 24.5. The van der Waals surface area contributed by atoms with Gasteiger partial charge in [0.2, 0.25) is 0 Å². The van der Waals surface area contributed by atoms with Crippen molar-refractivity contribution in [1.82, 2.24) is 20.1 Å². The van der Waals surface area contributed by atoms with E-state index in [0.717, 1.165) is 5.56 Å². The van der Waals surface area contributed by atoms with Crippen LogP contribution in [0.25, 0.3) is 22.5 Å². The molecule has 0 radical (unpaired) electrons. The summed E-state index contributed by atoms with van der Waals surface area (Å²) in [6.07, 6.45) is 0.253. The number of carbonyl (C=O) groups excluding carboxylic acids is 2. The fraction of sp³-hybridized carbons (Fsp3) is 0.333. The largest absolute Gasteiger partial charge is 0.444 e. The molecule has 2 amide bonds. The molecule has 0 bridgehead atoms. The van der Waals surface area contributed by atoms with Crippen LogP contribution in [0.2, 0.25) is 0 Å². The summed E-state index contributed by atoms with van der Waals surface area (Å²) in [5, 5.41) is 8.78. The fourth-order valence-corrected chi connectivity index (χ4v) is 4.24. The number of nitrogens with one attached hydrogen (secondary N) is 1. The van der Waals surface area contributed by atoms with Crippen LogP contribution in [0.3, 0.4) is 0 Å². The van der Waals surface area contributed by atoms with E-state index in [2.05, 4.69) is 15.5 Å². The molecule has 5 rings (SSSR count). The van der Waals surface area contributed by atoms with Gasteiger partial charge in [0, 0.05) is 5.39 Å². The summed E-state index contributed by atoms with van der Waals surface area (Å²) >= 11 is 0.